The van der Waals surface area contributed by atoms with Gasteiger partial charge in [0.2, 0.25) is 0 Å². The van der Waals surface area contributed by atoms with Gasteiger partial charge in [0.05, 0.1) is 7.11 Å². The van der Waals surface area contributed by atoms with Gasteiger partial charge in [-0.15, -0.1) is 0 Å². The number of hydrogen-bond donors (Lipinski definition) is 0. The summed E-state index contributed by atoms with van der Waals surface area (Å²) in [7, 11) is 1.64. The van der Waals surface area contributed by atoms with E-state index < -0.39 is 0 Å². The van der Waals surface area contributed by atoms with E-state index >= 15 is 0 Å². The average molecular weight is 169 g/mol. The Morgan fingerprint density at radius 2 is 2.09 bits per heavy atom. The lowest BCUT2D eigenvalue weighted by atomic mass is 10.2. The average Bonchev–Trinajstić information content (AvgIpc) is 2.06. The van der Waals surface area contributed by atoms with Crippen LogP contribution < -0.4 is 4.74 Å². The highest BCUT2D eigenvalue weighted by atomic mass is 35.5. The Balaban J connectivity index is 3.02. The van der Waals surface area contributed by atoms with Crippen molar-refractivity contribution in [2.24, 2.45) is 0 Å². The van der Waals surface area contributed by atoms with E-state index in [4.69, 9.17) is 16.3 Å². The highest BCUT2D eigenvalue weighted by Gasteiger charge is 1.94. The van der Waals surface area contributed by atoms with E-state index in [-0.39, 0.29) is 0 Å². The zero-order valence-corrected chi connectivity index (χ0v) is 7.01. The monoisotopic (exact) mass is 168 g/mol. The smallest absolute Gasteiger partial charge is 0.126 e. The second kappa shape index (κ2) is 4.04. The lowest BCUT2D eigenvalue weighted by Gasteiger charge is -2.01. The van der Waals surface area contributed by atoms with Crippen LogP contribution in [0.5, 0.6) is 5.75 Å². The summed E-state index contributed by atoms with van der Waals surface area (Å²) in [6.45, 7) is 0. The van der Waals surface area contributed by atoms with Crippen LogP contribution in [-0.4, -0.2) is 7.11 Å². The first-order valence-electron chi connectivity index (χ1n) is 3.28. The van der Waals surface area contributed by atoms with Crippen LogP contribution in [-0.2, 0) is 0 Å². The quantitative estimate of drug-likeness (QED) is 0.660. The maximum Gasteiger partial charge on any atom is 0.126 e. The first-order chi connectivity index (χ1) is 5.38. The number of rotatable bonds is 2. The van der Waals surface area contributed by atoms with Crippen molar-refractivity contribution in [1.29, 1.82) is 0 Å². The first-order valence-corrected chi connectivity index (χ1v) is 3.72. The summed E-state index contributed by atoms with van der Waals surface area (Å²) >= 11 is 5.43. The molecular formula is C9H9ClO. The number of halogens is 1. The van der Waals surface area contributed by atoms with Crippen LogP contribution in [0.2, 0.25) is 0 Å². The summed E-state index contributed by atoms with van der Waals surface area (Å²) < 4.78 is 5.09. The van der Waals surface area contributed by atoms with Crippen molar-refractivity contribution in [1.82, 2.24) is 0 Å². The maximum absolute atomic E-state index is 5.43. The second-order valence-corrected chi connectivity index (χ2v) is 2.29. The van der Waals surface area contributed by atoms with E-state index in [2.05, 4.69) is 0 Å². The van der Waals surface area contributed by atoms with Gasteiger partial charge in [-0.05, 0) is 12.1 Å². The highest BCUT2D eigenvalue weighted by molar-refractivity contribution is 6.27. The molecule has 0 N–H and O–H groups in total. The molecule has 0 amide bonds. The number of para-hydroxylation sites is 1. The summed E-state index contributed by atoms with van der Waals surface area (Å²) in [4.78, 5) is 0. The molecule has 1 aromatic carbocycles. The molecular weight excluding hydrogens is 160 g/mol. The number of ether oxygens (including phenoxy) is 1. The van der Waals surface area contributed by atoms with E-state index in [0.29, 0.717) is 0 Å². The molecule has 0 saturated heterocycles. The van der Waals surface area contributed by atoms with E-state index in [1.165, 1.54) is 5.54 Å². The van der Waals surface area contributed by atoms with Crippen molar-refractivity contribution in [3.05, 3.63) is 35.4 Å². The van der Waals surface area contributed by atoms with Gasteiger partial charge in [-0.3, -0.25) is 0 Å². The Bertz CT molecular complexity index is 255. The third kappa shape index (κ3) is 1.99. The predicted octanol–water partition coefficient (Wildman–Crippen LogP) is 2.90. The van der Waals surface area contributed by atoms with Crippen molar-refractivity contribution in [2.45, 2.75) is 0 Å². The fourth-order valence-corrected chi connectivity index (χ4v) is 1.01. The Kier molecular flexibility index (Phi) is 2.99. The molecule has 0 fully saturated rings. The van der Waals surface area contributed by atoms with Crippen molar-refractivity contribution in [2.75, 3.05) is 7.11 Å². The molecule has 0 aliphatic carbocycles. The Morgan fingerprint density at radius 3 is 2.73 bits per heavy atom. The Morgan fingerprint density at radius 1 is 1.36 bits per heavy atom. The van der Waals surface area contributed by atoms with Gasteiger partial charge in [-0.2, -0.15) is 0 Å². The van der Waals surface area contributed by atoms with Crippen LogP contribution in [0.4, 0.5) is 0 Å². The summed E-state index contributed by atoms with van der Waals surface area (Å²) in [5, 5.41) is 0. The topological polar surface area (TPSA) is 9.23 Å². The largest absolute Gasteiger partial charge is 0.496 e. The van der Waals surface area contributed by atoms with Gasteiger partial charge in [-0.1, -0.05) is 29.8 Å². The van der Waals surface area contributed by atoms with Gasteiger partial charge >= 0.3 is 0 Å². The van der Waals surface area contributed by atoms with Crippen molar-refractivity contribution >= 4 is 17.7 Å². The molecule has 1 rings (SSSR count). The predicted molar refractivity (Wildman–Crippen MR) is 47.9 cm³/mol. The molecule has 0 spiro atoms. The summed E-state index contributed by atoms with van der Waals surface area (Å²) in [6.07, 6.45) is 1.79. The minimum Gasteiger partial charge on any atom is -0.496 e. The third-order valence-electron chi connectivity index (χ3n) is 1.38. The van der Waals surface area contributed by atoms with Crippen molar-refractivity contribution in [3.8, 4) is 5.75 Å². The highest BCUT2D eigenvalue weighted by Crippen LogP contribution is 2.18. The van der Waals surface area contributed by atoms with Gasteiger partial charge in [0.1, 0.15) is 5.75 Å². The van der Waals surface area contributed by atoms with E-state index in [9.17, 15) is 0 Å². The van der Waals surface area contributed by atoms with Gasteiger partial charge in [0.25, 0.3) is 0 Å². The lowest BCUT2D eigenvalue weighted by Crippen LogP contribution is -1.84. The molecule has 0 atom stereocenters. The van der Waals surface area contributed by atoms with Crippen LogP contribution in [0, 0.1) is 0 Å². The van der Waals surface area contributed by atoms with Crippen LogP contribution >= 0.6 is 11.6 Å². The molecule has 0 aliphatic heterocycles. The number of hydrogen-bond acceptors (Lipinski definition) is 1. The van der Waals surface area contributed by atoms with Crippen LogP contribution in [0.1, 0.15) is 5.56 Å². The van der Waals surface area contributed by atoms with Crippen molar-refractivity contribution < 1.29 is 4.74 Å². The van der Waals surface area contributed by atoms with E-state index in [0.717, 1.165) is 11.3 Å². The SMILES string of the molecule is COc1ccccc1/C=C/Cl. The Hall–Kier alpha value is -0.950. The molecule has 0 unspecified atom stereocenters. The molecule has 2 heteroatoms. The van der Waals surface area contributed by atoms with Crippen molar-refractivity contribution in [3.63, 3.8) is 0 Å². The third-order valence-corrected chi connectivity index (χ3v) is 1.51. The molecule has 0 heterocycles. The second-order valence-electron chi connectivity index (χ2n) is 2.03. The molecule has 1 nitrogen and oxygen atoms in total. The fraction of sp³-hybridized carbons (Fsp3) is 0.111. The molecule has 0 saturated carbocycles. The minimum atomic E-state index is 0.837. The lowest BCUT2D eigenvalue weighted by molar-refractivity contribution is 0.414. The van der Waals surface area contributed by atoms with E-state index in [1.807, 2.05) is 24.3 Å². The summed E-state index contributed by atoms with van der Waals surface area (Å²) in [5.74, 6) is 0.837. The zero-order chi connectivity index (χ0) is 8.10. The number of methoxy groups -OCH3 is 1. The first kappa shape index (κ1) is 8.15. The summed E-state index contributed by atoms with van der Waals surface area (Å²) in [5.41, 5.74) is 2.46. The van der Waals surface area contributed by atoms with Gasteiger partial charge < -0.3 is 4.74 Å². The molecule has 0 aliphatic rings. The standard InChI is InChI=1S/C9H9ClO/c1-11-9-5-3-2-4-8(9)6-7-10/h2-7H,1H3/b7-6+. The minimum absolute atomic E-state index is 0.837. The van der Waals surface area contributed by atoms with Gasteiger partial charge in [0.15, 0.2) is 0 Å². The molecule has 11 heavy (non-hydrogen) atoms. The normalized spacial score (nSPS) is 10.4. The molecule has 0 aromatic heterocycles. The molecule has 0 bridgehead atoms. The zero-order valence-electron chi connectivity index (χ0n) is 6.25. The molecule has 58 valence electrons. The van der Waals surface area contributed by atoms with Crippen LogP contribution in [0.3, 0.4) is 0 Å². The van der Waals surface area contributed by atoms with E-state index in [1.54, 1.807) is 13.2 Å². The van der Waals surface area contributed by atoms with Crippen LogP contribution in [0.25, 0.3) is 6.08 Å². The number of benzene rings is 1. The van der Waals surface area contributed by atoms with Gasteiger partial charge in [-0.25, -0.2) is 0 Å². The molecule has 1 aromatic rings. The summed E-state index contributed by atoms with van der Waals surface area (Å²) in [6, 6.07) is 7.70. The van der Waals surface area contributed by atoms with Crippen LogP contribution in [0.15, 0.2) is 29.8 Å². The Labute approximate surface area is 71.3 Å². The maximum atomic E-state index is 5.43. The molecule has 0 radical (unpaired) electrons. The van der Waals surface area contributed by atoms with Gasteiger partial charge in [0, 0.05) is 11.1 Å². The fourth-order valence-electron chi connectivity index (χ4n) is 0.872.